The van der Waals surface area contributed by atoms with Crippen LogP contribution in [0.3, 0.4) is 0 Å². The highest BCUT2D eigenvalue weighted by Crippen LogP contribution is 2.16. The Hall–Kier alpha value is -1.77. The molecule has 1 saturated heterocycles. The molecule has 0 spiro atoms. The van der Waals surface area contributed by atoms with Crippen molar-refractivity contribution in [2.75, 3.05) is 37.6 Å². The van der Waals surface area contributed by atoms with Crippen LogP contribution in [0.15, 0.2) is 41.9 Å². The third-order valence-electron chi connectivity index (χ3n) is 3.52. The first-order chi connectivity index (χ1) is 11.2. The molecule has 2 rings (SSSR count). The summed E-state index contributed by atoms with van der Waals surface area (Å²) in [6.45, 7) is 9.80. The summed E-state index contributed by atoms with van der Waals surface area (Å²) in [5.74, 6) is 0.859. The van der Waals surface area contributed by atoms with Crippen molar-refractivity contribution >= 4 is 41.5 Å². The zero-order valence-electron chi connectivity index (χ0n) is 14.0. The molecule has 0 radical (unpaired) electrons. The number of carbonyl (C=O) groups excluding carboxylic acids is 1. The van der Waals surface area contributed by atoms with Crippen LogP contribution in [0.25, 0.3) is 0 Å². The molecule has 24 heavy (non-hydrogen) atoms. The van der Waals surface area contributed by atoms with Gasteiger partial charge in [0.15, 0.2) is 5.96 Å². The zero-order valence-corrected chi connectivity index (χ0v) is 16.4. The fourth-order valence-corrected chi connectivity index (χ4v) is 2.35. The van der Waals surface area contributed by atoms with Crippen molar-refractivity contribution in [3.8, 4) is 0 Å². The van der Waals surface area contributed by atoms with Crippen LogP contribution in [0.5, 0.6) is 0 Å². The van der Waals surface area contributed by atoms with Gasteiger partial charge in [-0.1, -0.05) is 18.2 Å². The second-order valence-corrected chi connectivity index (χ2v) is 5.30. The van der Waals surface area contributed by atoms with Crippen LogP contribution < -0.4 is 20.9 Å². The maximum atomic E-state index is 11.4. The average Bonchev–Trinajstić information content (AvgIpc) is 2.58. The van der Waals surface area contributed by atoms with Crippen molar-refractivity contribution in [2.24, 2.45) is 4.99 Å². The highest BCUT2D eigenvalue weighted by Gasteiger charge is 2.15. The molecule has 1 aromatic rings. The molecule has 1 amide bonds. The van der Waals surface area contributed by atoms with Crippen LogP contribution in [-0.2, 0) is 11.3 Å². The van der Waals surface area contributed by atoms with Gasteiger partial charge in [0, 0.05) is 31.9 Å². The van der Waals surface area contributed by atoms with Crippen molar-refractivity contribution in [3.05, 3.63) is 42.5 Å². The number of aliphatic imine (C=N–C) groups is 1. The molecule has 0 bridgehead atoms. The van der Waals surface area contributed by atoms with E-state index in [1.165, 1.54) is 0 Å². The van der Waals surface area contributed by atoms with Crippen LogP contribution in [0.4, 0.5) is 5.69 Å². The Morgan fingerprint density at radius 3 is 2.75 bits per heavy atom. The standard InChI is InChI=1S/C17H25N5O.HI/c1-3-9-20-17(18-4-2)21-12-14-5-7-15(8-6-14)22-11-10-19-16(23)13-22;/h3,5-8H,1,4,9-13H2,2H3,(H,19,23)(H2,18,20,21);1H. The van der Waals surface area contributed by atoms with Gasteiger partial charge in [0.25, 0.3) is 0 Å². The normalized spacial score (nSPS) is 14.5. The van der Waals surface area contributed by atoms with Crippen molar-refractivity contribution in [1.29, 1.82) is 0 Å². The second-order valence-electron chi connectivity index (χ2n) is 5.30. The number of piperazine rings is 1. The molecule has 1 heterocycles. The molecule has 132 valence electrons. The van der Waals surface area contributed by atoms with Crippen molar-refractivity contribution in [1.82, 2.24) is 16.0 Å². The largest absolute Gasteiger partial charge is 0.360 e. The number of amides is 1. The summed E-state index contributed by atoms with van der Waals surface area (Å²) >= 11 is 0. The van der Waals surface area contributed by atoms with Crippen molar-refractivity contribution in [2.45, 2.75) is 13.5 Å². The first-order valence-electron chi connectivity index (χ1n) is 7.96. The number of hydrogen-bond acceptors (Lipinski definition) is 3. The molecular weight excluding hydrogens is 417 g/mol. The zero-order chi connectivity index (χ0) is 16.5. The van der Waals surface area contributed by atoms with Crippen molar-refractivity contribution < 1.29 is 4.79 Å². The van der Waals surface area contributed by atoms with E-state index in [0.29, 0.717) is 26.2 Å². The van der Waals surface area contributed by atoms with Gasteiger partial charge in [0.05, 0.1) is 13.1 Å². The minimum Gasteiger partial charge on any atom is -0.360 e. The number of rotatable bonds is 6. The van der Waals surface area contributed by atoms with Gasteiger partial charge in [-0.3, -0.25) is 4.79 Å². The summed E-state index contributed by atoms with van der Waals surface area (Å²) in [4.78, 5) is 18.1. The predicted molar refractivity (Wildman–Crippen MR) is 110 cm³/mol. The molecule has 3 N–H and O–H groups in total. The Labute approximate surface area is 160 Å². The average molecular weight is 443 g/mol. The molecule has 0 aromatic heterocycles. The highest BCUT2D eigenvalue weighted by molar-refractivity contribution is 14.0. The Morgan fingerprint density at radius 1 is 1.38 bits per heavy atom. The fourth-order valence-electron chi connectivity index (χ4n) is 2.35. The van der Waals surface area contributed by atoms with Crippen LogP contribution >= 0.6 is 24.0 Å². The van der Waals surface area contributed by atoms with Gasteiger partial charge >= 0.3 is 0 Å². The molecule has 0 aliphatic carbocycles. The lowest BCUT2D eigenvalue weighted by molar-refractivity contribution is -0.120. The first kappa shape index (κ1) is 20.3. The maximum Gasteiger partial charge on any atom is 0.239 e. The lowest BCUT2D eigenvalue weighted by Gasteiger charge is -2.28. The predicted octanol–water partition coefficient (Wildman–Crippen LogP) is 1.48. The number of carbonyl (C=O) groups is 1. The number of guanidine groups is 1. The molecular formula is C17H26IN5O. The van der Waals surface area contributed by atoms with Gasteiger partial charge < -0.3 is 20.9 Å². The summed E-state index contributed by atoms with van der Waals surface area (Å²) in [6, 6.07) is 8.21. The smallest absolute Gasteiger partial charge is 0.239 e. The van der Waals surface area contributed by atoms with Crippen LogP contribution in [0.2, 0.25) is 0 Å². The Morgan fingerprint density at radius 2 is 2.12 bits per heavy atom. The van der Waals surface area contributed by atoms with E-state index in [4.69, 9.17) is 0 Å². The lowest BCUT2D eigenvalue weighted by Crippen LogP contribution is -2.47. The summed E-state index contributed by atoms with van der Waals surface area (Å²) in [5, 5.41) is 9.21. The van der Waals surface area contributed by atoms with Crippen LogP contribution in [0.1, 0.15) is 12.5 Å². The van der Waals surface area contributed by atoms with Crippen molar-refractivity contribution in [3.63, 3.8) is 0 Å². The number of benzene rings is 1. The van der Waals surface area contributed by atoms with Gasteiger partial charge in [0.2, 0.25) is 5.91 Å². The van der Waals surface area contributed by atoms with E-state index < -0.39 is 0 Å². The molecule has 0 saturated carbocycles. The number of hydrogen-bond donors (Lipinski definition) is 3. The third kappa shape index (κ3) is 6.38. The molecule has 7 heteroatoms. The first-order valence-corrected chi connectivity index (χ1v) is 7.96. The number of halogens is 1. The van der Waals surface area contributed by atoms with Gasteiger partial charge in [0.1, 0.15) is 0 Å². The van der Waals surface area contributed by atoms with E-state index in [2.05, 4.69) is 44.6 Å². The SMILES string of the molecule is C=CCNC(=NCc1ccc(N2CCNC(=O)C2)cc1)NCC.I. The molecule has 1 aliphatic rings. The van der Waals surface area contributed by atoms with Crippen LogP contribution in [0, 0.1) is 0 Å². The minimum absolute atomic E-state index is 0. The molecule has 1 fully saturated rings. The number of nitrogens with zero attached hydrogens (tertiary/aromatic N) is 2. The molecule has 1 aromatic carbocycles. The van der Waals surface area contributed by atoms with Gasteiger partial charge in [-0.05, 0) is 24.6 Å². The summed E-state index contributed by atoms with van der Waals surface area (Å²) in [5.41, 5.74) is 2.20. The molecule has 0 unspecified atom stereocenters. The Bertz CT molecular complexity index is 559. The minimum atomic E-state index is 0. The van der Waals surface area contributed by atoms with Gasteiger partial charge in [-0.2, -0.15) is 0 Å². The Kier molecular flexibility index (Phi) is 9.21. The van der Waals surface area contributed by atoms with Gasteiger partial charge in [-0.15, -0.1) is 30.6 Å². The fraction of sp³-hybridized carbons (Fsp3) is 0.412. The Balaban J connectivity index is 0.00000288. The number of anilines is 1. The molecule has 1 aliphatic heterocycles. The highest BCUT2D eigenvalue weighted by atomic mass is 127. The summed E-state index contributed by atoms with van der Waals surface area (Å²) in [6.07, 6.45) is 1.80. The lowest BCUT2D eigenvalue weighted by atomic mass is 10.2. The quantitative estimate of drug-likeness (QED) is 0.270. The summed E-state index contributed by atoms with van der Waals surface area (Å²) < 4.78 is 0. The number of nitrogens with one attached hydrogen (secondary N) is 3. The third-order valence-corrected chi connectivity index (χ3v) is 3.52. The van der Waals surface area contributed by atoms with E-state index in [9.17, 15) is 4.79 Å². The van der Waals surface area contributed by atoms with E-state index in [0.717, 1.165) is 30.3 Å². The molecule has 6 nitrogen and oxygen atoms in total. The van der Waals surface area contributed by atoms with E-state index in [-0.39, 0.29) is 29.9 Å². The van der Waals surface area contributed by atoms with Gasteiger partial charge in [-0.25, -0.2) is 4.99 Å². The van der Waals surface area contributed by atoms with E-state index in [1.807, 2.05) is 19.1 Å². The van der Waals surface area contributed by atoms with E-state index >= 15 is 0 Å². The second kappa shape index (κ2) is 10.9. The maximum absolute atomic E-state index is 11.4. The van der Waals surface area contributed by atoms with E-state index in [1.54, 1.807) is 6.08 Å². The molecule has 0 atom stereocenters. The monoisotopic (exact) mass is 443 g/mol. The van der Waals surface area contributed by atoms with Crippen LogP contribution in [-0.4, -0.2) is 44.6 Å². The topological polar surface area (TPSA) is 68.8 Å². The summed E-state index contributed by atoms with van der Waals surface area (Å²) in [7, 11) is 0.